The first kappa shape index (κ1) is 15.6. The first-order chi connectivity index (χ1) is 7.25. The van der Waals surface area contributed by atoms with Gasteiger partial charge in [-0.25, -0.2) is 0 Å². The van der Waals surface area contributed by atoms with Gasteiger partial charge in [-0.05, 0) is 0 Å². The van der Waals surface area contributed by atoms with Crippen LogP contribution in [0.1, 0.15) is 27.7 Å². The Balaban J connectivity index is 4.29. The molecule has 0 aliphatic heterocycles. The van der Waals surface area contributed by atoms with Gasteiger partial charge >= 0.3 is 97.0 Å². The molecule has 0 radical (unpaired) electrons. The van der Waals surface area contributed by atoms with Gasteiger partial charge in [0.1, 0.15) is 0 Å². The van der Waals surface area contributed by atoms with Crippen LogP contribution in [0.15, 0.2) is 0 Å². The van der Waals surface area contributed by atoms with Crippen LogP contribution in [0.3, 0.4) is 0 Å². The van der Waals surface area contributed by atoms with Crippen molar-refractivity contribution in [3.05, 3.63) is 0 Å². The topological polar surface area (TPSA) is 101 Å². The fraction of sp³-hybridized carbons (Fsp3) is 0.889. The first-order valence-corrected chi connectivity index (χ1v) is 7.14. The summed E-state index contributed by atoms with van der Waals surface area (Å²) in [6, 6.07) is 0. The summed E-state index contributed by atoms with van der Waals surface area (Å²) in [5, 5.41) is 9.48. The van der Waals surface area contributed by atoms with Crippen molar-refractivity contribution < 1.29 is 13.9 Å². The second kappa shape index (κ2) is 7.01. The van der Waals surface area contributed by atoms with Gasteiger partial charge in [0.15, 0.2) is 0 Å². The standard InChI is InChI=1S/C9H24N3O3P/c1-7(2)5-14-16(13,12-9(10)11)15-6-8(3)4/h7-8,13,16H,5-6H2,1-4H3,(H4,10,11,12). The predicted octanol–water partition coefficient (Wildman–Crippen LogP) is 1.22. The molecule has 0 spiro atoms. The summed E-state index contributed by atoms with van der Waals surface area (Å²) in [4.78, 5) is 10.0. The number of nitrogens with two attached hydrogens (primary N) is 1. The van der Waals surface area contributed by atoms with Crippen molar-refractivity contribution in [2.24, 2.45) is 17.6 Å². The summed E-state index contributed by atoms with van der Waals surface area (Å²) in [6.07, 6.45) is 0. The van der Waals surface area contributed by atoms with E-state index in [9.17, 15) is 4.89 Å². The van der Waals surface area contributed by atoms with Gasteiger partial charge in [-0.15, -0.1) is 0 Å². The molecule has 0 rings (SSSR count). The van der Waals surface area contributed by atoms with Gasteiger partial charge in [-0.2, -0.15) is 0 Å². The van der Waals surface area contributed by atoms with Crippen LogP contribution < -0.4 is 10.8 Å². The molecule has 0 saturated heterocycles. The van der Waals surface area contributed by atoms with E-state index in [0.717, 1.165) is 0 Å². The maximum absolute atomic E-state index is 10.0. The van der Waals surface area contributed by atoms with Crippen LogP contribution in [0.25, 0.3) is 0 Å². The Hall–Kier alpha value is -0.420. The number of nitrogens with one attached hydrogen (secondary N) is 2. The van der Waals surface area contributed by atoms with E-state index >= 15 is 0 Å². The van der Waals surface area contributed by atoms with E-state index in [1.807, 2.05) is 27.7 Å². The van der Waals surface area contributed by atoms with Crippen LogP contribution in [0.2, 0.25) is 0 Å². The van der Waals surface area contributed by atoms with Crippen LogP contribution in [-0.2, 0) is 9.05 Å². The zero-order chi connectivity index (χ0) is 12.8. The van der Waals surface area contributed by atoms with Gasteiger partial charge in [0, 0.05) is 0 Å². The molecule has 0 unspecified atom stereocenters. The monoisotopic (exact) mass is 253 g/mol. The molecule has 0 fully saturated rings. The van der Waals surface area contributed by atoms with Gasteiger partial charge in [0.2, 0.25) is 0 Å². The zero-order valence-electron chi connectivity index (χ0n) is 10.4. The Morgan fingerprint density at radius 1 is 1.25 bits per heavy atom. The van der Waals surface area contributed by atoms with E-state index in [1.165, 1.54) is 0 Å². The molecule has 0 aromatic carbocycles. The van der Waals surface area contributed by atoms with E-state index in [0.29, 0.717) is 13.2 Å². The molecule has 16 heavy (non-hydrogen) atoms. The van der Waals surface area contributed by atoms with E-state index in [1.54, 1.807) is 0 Å². The molecular formula is C9H24N3O3P. The third-order valence-electron chi connectivity index (χ3n) is 1.52. The minimum atomic E-state index is -3.54. The van der Waals surface area contributed by atoms with Crippen molar-refractivity contribution in [1.29, 1.82) is 5.41 Å². The zero-order valence-corrected chi connectivity index (χ0v) is 11.4. The molecule has 6 nitrogen and oxygen atoms in total. The van der Waals surface area contributed by atoms with Gasteiger partial charge in [-0.1, -0.05) is 0 Å². The van der Waals surface area contributed by atoms with Crippen LogP contribution in [0, 0.1) is 17.2 Å². The SMILES string of the molecule is CC(C)CO[PH](O)(NC(=N)N)OCC(C)C. The Morgan fingerprint density at radius 3 is 1.88 bits per heavy atom. The van der Waals surface area contributed by atoms with Crippen molar-refractivity contribution in [2.75, 3.05) is 13.2 Å². The molecule has 0 aromatic heterocycles. The van der Waals surface area contributed by atoms with E-state index in [2.05, 4.69) is 5.09 Å². The molecular weight excluding hydrogens is 229 g/mol. The predicted molar refractivity (Wildman–Crippen MR) is 67.2 cm³/mol. The van der Waals surface area contributed by atoms with E-state index < -0.39 is 8.09 Å². The molecule has 5 N–H and O–H groups in total. The average Bonchev–Trinajstić information content (AvgIpc) is 2.11. The number of hydrogen-bond donors (Lipinski definition) is 4. The number of hydrogen-bond acceptors (Lipinski definition) is 4. The summed E-state index contributed by atoms with van der Waals surface area (Å²) in [7, 11) is -3.54. The molecule has 0 heterocycles. The quantitative estimate of drug-likeness (QED) is 0.310. The molecule has 7 heteroatoms. The molecule has 0 bridgehead atoms. The van der Waals surface area contributed by atoms with Crippen LogP contribution in [0.5, 0.6) is 0 Å². The second-order valence-corrected chi connectivity index (χ2v) is 6.52. The summed E-state index contributed by atoms with van der Waals surface area (Å²) in [5.74, 6) is 0.201. The Labute approximate surface area is 97.7 Å². The van der Waals surface area contributed by atoms with Gasteiger partial charge < -0.3 is 0 Å². The normalized spacial score (nSPS) is 13.2. The van der Waals surface area contributed by atoms with E-state index in [4.69, 9.17) is 20.2 Å². The van der Waals surface area contributed by atoms with Crippen LogP contribution in [-0.4, -0.2) is 24.1 Å². The van der Waals surface area contributed by atoms with Crippen molar-refractivity contribution in [1.82, 2.24) is 5.09 Å². The third-order valence-corrected chi connectivity index (χ3v) is 3.22. The molecule has 0 aromatic rings. The summed E-state index contributed by atoms with van der Waals surface area (Å²) in [5.41, 5.74) is 5.18. The Kier molecular flexibility index (Phi) is 6.83. The van der Waals surface area contributed by atoms with Crippen LogP contribution in [0.4, 0.5) is 0 Å². The van der Waals surface area contributed by atoms with Crippen LogP contribution >= 0.6 is 8.09 Å². The van der Waals surface area contributed by atoms with Gasteiger partial charge in [0.25, 0.3) is 0 Å². The Morgan fingerprint density at radius 2 is 1.62 bits per heavy atom. The number of guanidine groups is 1. The molecule has 0 amide bonds. The minimum absolute atomic E-state index is 0.274. The first-order valence-electron chi connectivity index (χ1n) is 5.37. The molecule has 98 valence electrons. The van der Waals surface area contributed by atoms with Crippen molar-refractivity contribution in [2.45, 2.75) is 27.7 Å². The van der Waals surface area contributed by atoms with Gasteiger partial charge in [0.05, 0.1) is 0 Å². The van der Waals surface area contributed by atoms with Crippen molar-refractivity contribution in [3.63, 3.8) is 0 Å². The second-order valence-electron chi connectivity index (χ2n) is 4.53. The maximum atomic E-state index is 10.0. The third kappa shape index (κ3) is 7.82. The van der Waals surface area contributed by atoms with Crippen molar-refractivity contribution >= 4 is 14.1 Å². The molecule has 0 saturated carbocycles. The average molecular weight is 253 g/mol. The summed E-state index contributed by atoms with van der Waals surface area (Å²) in [6.45, 7) is 8.58. The molecule has 0 atom stereocenters. The molecule has 0 aliphatic carbocycles. The van der Waals surface area contributed by atoms with Gasteiger partial charge in [-0.3, -0.25) is 0 Å². The molecule has 0 aliphatic rings. The fourth-order valence-corrected chi connectivity index (χ4v) is 2.53. The Bertz CT molecular complexity index is 212. The van der Waals surface area contributed by atoms with E-state index in [-0.39, 0.29) is 17.8 Å². The fourth-order valence-electron chi connectivity index (χ4n) is 0.843. The van der Waals surface area contributed by atoms with Crippen molar-refractivity contribution in [3.8, 4) is 0 Å². The summed E-state index contributed by atoms with van der Waals surface area (Å²) < 4.78 is 10.6. The number of rotatable bonds is 7. The summed E-state index contributed by atoms with van der Waals surface area (Å²) >= 11 is 0.